The van der Waals surface area contributed by atoms with Gasteiger partial charge < -0.3 is 10.0 Å². The summed E-state index contributed by atoms with van der Waals surface area (Å²) in [5, 5.41) is 9.06. The van der Waals surface area contributed by atoms with Gasteiger partial charge in [0, 0.05) is 24.1 Å². The van der Waals surface area contributed by atoms with E-state index in [1.54, 1.807) is 30.3 Å². The second-order valence-electron chi connectivity index (χ2n) is 5.95. The Kier molecular flexibility index (Phi) is 6.06. The molecular weight excluding hydrogens is 318 g/mol. The van der Waals surface area contributed by atoms with E-state index in [9.17, 15) is 14.4 Å². The van der Waals surface area contributed by atoms with Crippen LogP contribution in [-0.4, -0.2) is 29.3 Å². The van der Waals surface area contributed by atoms with E-state index < -0.39 is 12.5 Å². The predicted octanol–water partition coefficient (Wildman–Crippen LogP) is 3.38. The van der Waals surface area contributed by atoms with Crippen LogP contribution >= 0.6 is 0 Å². The minimum Gasteiger partial charge on any atom is -0.480 e. The molecule has 0 aliphatic rings. The highest BCUT2D eigenvalue weighted by Gasteiger charge is 2.20. The number of hydrogen-bond acceptors (Lipinski definition) is 3. The largest absolute Gasteiger partial charge is 0.480 e. The molecule has 0 saturated heterocycles. The first-order valence-electron chi connectivity index (χ1n) is 8.06. The summed E-state index contributed by atoms with van der Waals surface area (Å²) in [6.07, 6.45) is 0.0144. The highest BCUT2D eigenvalue weighted by atomic mass is 16.4. The number of ketones is 1. The average molecular weight is 339 g/mol. The number of nitrogens with zero attached hydrogens (tertiary/aromatic N) is 1. The van der Waals surface area contributed by atoms with E-state index in [4.69, 9.17) is 5.11 Å². The van der Waals surface area contributed by atoms with Gasteiger partial charge in [0.05, 0.1) is 0 Å². The number of anilines is 1. The summed E-state index contributed by atoms with van der Waals surface area (Å²) in [4.78, 5) is 37.2. The van der Waals surface area contributed by atoms with Crippen LogP contribution in [0.15, 0.2) is 48.5 Å². The molecule has 130 valence electrons. The lowest BCUT2D eigenvalue weighted by atomic mass is 9.99. The van der Waals surface area contributed by atoms with E-state index in [1.165, 1.54) is 4.90 Å². The number of para-hydroxylation sites is 1. The monoisotopic (exact) mass is 339 g/mol. The number of aliphatic carboxylic acids is 1. The molecule has 1 N–H and O–H groups in total. The predicted molar refractivity (Wildman–Crippen MR) is 95.9 cm³/mol. The Labute approximate surface area is 146 Å². The first-order valence-corrected chi connectivity index (χ1v) is 8.06. The molecule has 0 fully saturated rings. The Morgan fingerprint density at radius 2 is 1.64 bits per heavy atom. The zero-order chi connectivity index (χ0) is 18.4. The van der Waals surface area contributed by atoms with Crippen molar-refractivity contribution in [2.24, 2.45) is 0 Å². The number of benzene rings is 2. The number of amides is 1. The van der Waals surface area contributed by atoms with E-state index in [0.717, 1.165) is 11.1 Å². The number of carboxylic acids is 1. The Bertz CT molecular complexity index is 784. The van der Waals surface area contributed by atoms with Gasteiger partial charge in [-0.3, -0.25) is 14.4 Å². The van der Waals surface area contributed by atoms with Gasteiger partial charge in [0.1, 0.15) is 6.54 Å². The van der Waals surface area contributed by atoms with Crippen molar-refractivity contribution in [3.8, 4) is 0 Å². The molecule has 0 spiro atoms. The second kappa shape index (κ2) is 8.24. The summed E-state index contributed by atoms with van der Waals surface area (Å²) in [7, 11) is 0. The van der Waals surface area contributed by atoms with Gasteiger partial charge in [0.15, 0.2) is 5.78 Å². The minimum absolute atomic E-state index is 0.0333. The van der Waals surface area contributed by atoms with E-state index in [1.807, 2.05) is 32.0 Å². The molecule has 0 bridgehead atoms. The number of carbonyl (C=O) groups is 3. The molecule has 2 rings (SSSR count). The van der Waals surface area contributed by atoms with E-state index in [-0.39, 0.29) is 24.5 Å². The molecular formula is C20H21NO4. The lowest BCUT2D eigenvalue weighted by Crippen LogP contribution is -2.35. The summed E-state index contributed by atoms with van der Waals surface area (Å²) in [6.45, 7) is 3.33. The first kappa shape index (κ1) is 18.4. The molecule has 0 saturated carbocycles. The molecule has 0 aliphatic carbocycles. The highest BCUT2D eigenvalue weighted by Crippen LogP contribution is 2.17. The van der Waals surface area contributed by atoms with Crippen molar-refractivity contribution in [1.29, 1.82) is 0 Å². The molecule has 0 heterocycles. The summed E-state index contributed by atoms with van der Waals surface area (Å²) in [5.74, 6) is -1.59. The molecule has 0 aliphatic heterocycles. The molecule has 25 heavy (non-hydrogen) atoms. The van der Waals surface area contributed by atoms with Gasteiger partial charge in [-0.1, -0.05) is 35.9 Å². The van der Waals surface area contributed by atoms with Crippen molar-refractivity contribution in [3.63, 3.8) is 0 Å². The Balaban J connectivity index is 2.09. The fourth-order valence-corrected chi connectivity index (χ4v) is 2.59. The van der Waals surface area contributed by atoms with Crippen LogP contribution in [0.3, 0.4) is 0 Å². The van der Waals surface area contributed by atoms with Gasteiger partial charge in [0.25, 0.3) is 0 Å². The molecule has 5 nitrogen and oxygen atoms in total. The summed E-state index contributed by atoms with van der Waals surface area (Å²) >= 11 is 0. The Morgan fingerprint density at radius 3 is 2.28 bits per heavy atom. The Hall–Kier alpha value is -2.95. The Morgan fingerprint density at radius 1 is 0.960 bits per heavy atom. The number of Topliss-reactive ketones (excluding diaryl/α,β-unsaturated/α-hetero) is 1. The minimum atomic E-state index is -1.10. The molecule has 2 aromatic rings. The van der Waals surface area contributed by atoms with Crippen molar-refractivity contribution in [2.45, 2.75) is 26.7 Å². The molecule has 0 aromatic heterocycles. The van der Waals surface area contributed by atoms with Crippen LogP contribution in [0.2, 0.25) is 0 Å². The van der Waals surface area contributed by atoms with Gasteiger partial charge in [-0.15, -0.1) is 0 Å². The standard InChI is InChI=1S/C20H21NO4/c1-14-8-9-15(2)17(12-14)18(22)10-11-19(23)21(13-20(24)25)16-6-4-3-5-7-16/h3-9,12H,10-11,13H2,1-2H3,(H,24,25). The topological polar surface area (TPSA) is 74.7 Å². The number of carboxylic acid groups (broad SMARTS) is 1. The molecule has 0 atom stereocenters. The lowest BCUT2D eigenvalue weighted by molar-refractivity contribution is -0.136. The van der Waals surface area contributed by atoms with Crippen LogP contribution in [0.4, 0.5) is 5.69 Å². The van der Waals surface area contributed by atoms with Crippen molar-refractivity contribution in [3.05, 3.63) is 65.2 Å². The molecule has 0 unspecified atom stereocenters. The van der Waals surface area contributed by atoms with Crippen molar-refractivity contribution in [1.82, 2.24) is 0 Å². The van der Waals surface area contributed by atoms with Crippen LogP contribution < -0.4 is 4.90 Å². The van der Waals surface area contributed by atoms with Gasteiger partial charge in [-0.25, -0.2) is 0 Å². The van der Waals surface area contributed by atoms with Crippen LogP contribution in [-0.2, 0) is 9.59 Å². The first-order chi connectivity index (χ1) is 11.9. The molecule has 1 amide bonds. The maximum atomic E-state index is 12.5. The third-order valence-corrected chi connectivity index (χ3v) is 3.92. The third-order valence-electron chi connectivity index (χ3n) is 3.92. The number of carbonyl (C=O) groups excluding carboxylic acids is 2. The smallest absolute Gasteiger partial charge is 0.323 e. The van der Waals surface area contributed by atoms with Crippen LogP contribution in [0.1, 0.15) is 34.3 Å². The number of hydrogen-bond donors (Lipinski definition) is 1. The summed E-state index contributed by atoms with van der Waals surface area (Å²) in [6, 6.07) is 14.2. The van der Waals surface area contributed by atoms with Gasteiger partial charge in [-0.05, 0) is 37.6 Å². The SMILES string of the molecule is Cc1ccc(C)c(C(=O)CCC(=O)N(CC(=O)O)c2ccccc2)c1. The van der Waals surface area contributed by atoms with Gasteiger partial charge in [-0.2, -0.15) is 0 Å². The quantitative estimate of drug-likeness (QED) is 0.785. The second-order valence-corrected chi connectivity index (χ2v) is 5.95. The summed E-state index contributed by atoms with van der Waals surface area (Å²) in [5.41, 5.74) is 2.97. The molecule has 2 aromatic carbocycles. The molecule has 5 heteroatoms. The maximum absolute atomic E-state index is 12.5. The van der Waals surface area contributed by atoms with Crippen LogP contribution in [0, 0.1) is 13.8 Å². The fourth-order valence-electron chi connectivity index (χ4n) is 2.59. The fraction of sp³-hybridized carbons (Fsp3) is 0.250. The lowest BCUT2D eigenvalue weighted by Gasteiger charge is -2.20. The van der Waals surface area contributed by atoms with E-state index >= 15 is 0 Å². The zero-order valence-corrected chi connectivity index (χ0v) is 14.4. The zero-order valence-electron chi connectivity index (χ0n) is 14.4. The maximum Gasteiger partial charge on any atom is 0.323 e. The van der Waals surface area contributed by atoms with E-state index in [2.05, 4.69) is 0 Å². The number of rotatable bonds is 7. The molecule has 0 radical (unpaired) electrons. The van der Waals surface area contributed by atoms with E-state index in [0.29, 0.717) is 11.3 Å². The highest BCUT2D eigenvalue weighted by molar-refractivity contribution is 6.02. The van der Waals surface area contributed by atoms with Crippen molar-refractivity contribution in [2.75, 3.05) is 11.4 Å². The van der Waals surface area contributed by atoms with Crippen LogP contribution in [0.25, 0.3) is 0 Å². The summed E-state index contributed by atoms with van der Waals surface area (Å²) < 4.78 is 0. The van der Waals surface area contributed by atoms with Crippen molar-refractivity contribution >= 4 is 23.3 Å². The van der Waals surface area contributed by atoms with Crippen LogP contribution in [0.5, 0.6) is 0 Å². The number of aryl methyl sites for hydroxylation is 2. The average Bonchev–Trinajstić information content (AvgIpc) is 2.60. The van der Waals surface area contributed by atoms with Gasteiger partial charge in [0.2, 0.25) is 5.91 Å². The van der Waals surface area contributed by atoms with Gasteiger partial charge >= 0.3 is 5.97 Å². The van der Waals surface area contributed by atoms with Crippen molar-refractivity contribution < 1.29 is 19.5 Å². The normalized spacial score (nSPS) is 10.3. The third kappa shape index (κ3) is 5.01.